The van der Waals surface area contributed by atoms with Gasteiger partial charge in [-0.15, -0.1) is 0 Å². The maximum absolute atomic E-state index is 5.29. The molecule has 0 spiro atoms. The Morgan fingerprint density at radius 2 is 2.23 bits per heavy atom. The number of hydrogen-bond donors (Lipinski definition) is 2. The maximum atomic E-state index is 5.29. The summed E-state index contributed by atoms with van der Waals surface area (Å²) in [6.45, 7) is 5.67. The minimum atomic E-state index is 0.640. The van der Waals surface area contributed by atoms with Crippen LogP contribution >= 0.6 is 15.9 Å². The Balaban J connectivity index is 3.05. The van der Waals surface area contributed by atoms with Crippen molar-refractivity contribution in [3.05, 3.63) is 15.9 Å². The van der Waals surface area contributed by atoms with E-state index in [0.717, 1.165) is 28.8 Å². The van der Waals surface area contributed by atoms with Gasteiger partial charge in [0.15, 0.2) is 0 Å². The third-order valence-electron chi connectivity index (χ3n) is 1.96. The van der Waals surface area contributed by atoms with E-state index >= 15 is 0 Å². The highest BCUT2D eigenvalue weighted by Crippen LogP contribution is 2.21. The SMILES string of the molecule is CCc1nn(CC)c(CNN)c1Br. The second kappa shape index (κ2) is 4.74. The molecule has 0 amide bonds. The van der Waals surface area contributed by atoms with Crippen LogP contribution < -0.4 is 11.3 Å². The Morgan fingerprint density at radius 1 is 1.54 bits per heavy atom. The van der Waals surface area contributed by atoms with Crippen molar-refractivity contribution >= 4 is 15.9 Å². The lowest BCUT2D eigenvalue weighted by Gasteiger charge is -2.03. The summed E-state index contributed by atoms with van der Waals surface area (Å²) in [5, 5.41) is 4.44. The van der Waals surface area contributed by atoms with Crippen LogP contribution in [0.5, 0.6) is 0 Å². The first-order valence-electron chi connectivity index (χ1n) is 4.42. The van der Waals surface area contributed by atoms with Crippen LogP contribution in [0, 0.1) is 0 Å². The average Bonchev–Trinajstić information content (AvgIpc) is 2.45. The van der Waals surface area contributed by atoms with Crippen LogP contribution in [0.25, 0.3) is 0 Å². The molecule has 0 fully saturated rings. The topological polar surface area (TPSA) is 55.9 Å². The Labute approximate surface area is 86.6 Å². The highest BCUT2D eigenvalue weighted by atomic mass is 79.9. The van der Waals surface area contributed by atoms with E-state index in [2.05, 4.69) is 40.3 Å². The summed E-state index contributed by atoms with van der Waals surface area (Å²) in [4.78, 5) is 0. The maximum Gasteiger partial charge on any atom is 0.0767 e. The molecule has 0 unspecified atom stereocenters. The average molecular weight is 247 g/mol. The van der Waals surface area contributed by atoms with Crippen LogP contribution in [-0.4, -0.2) is 9.78 Å². The van der Waals surface area contributed by atoms with Gasteiger partial charge in [0, 0.05) is 6.54 Å². The van der Waals surface area contributed by atoms with Gasteiger partial charge in [0.2, 0.25) is 0 Å². The van der Waals surface area contributed by atoms with Gasteiger partial charge in [-0.2, -0.15) is 5.10 Å². The first-order chi connectivity index (χ1) is 6.24. The third kappa shape index (κ3) is 2.10. The van der Waals surface area contributed by atoms with Gasteiger partial charge in [0.25, 0.3) is 0 Å². The molecule has 1 rings (SSSR count). The van der Waals surface area contributed by atoms with Crippen LogP contribution in [0.1, 0.15) is 25.2 Å². The standard InChI is InChI=1S/C8H15BrN4/c1-3-6-8(9)7(5-11-10)13(4-2)12-6/h11H,3-5,10H2,1-2H3. The van der Waals surface area contributed by atoms with E-state index in [1.54, 1.807) is 0 Å². The Bertz CT molecular complexity index is 282. The number of nitrogens with zero attached hydrogens (tertiary/aromatic N) is 2. The van der Waals surface area contributed by atoms with Gasteiger partial charge in [-0.3, -0.25) is 16.0 Å². The number of nitrogens with one attached hydrogen (secondary N) is 1. The van der Waals surface area contributed by atoms with Crippen molar-refractivity contribution in [3.8, 4) is 0 Å². The fraction of sp³-hybridized carbons (Fsp3) is 0.625. The van der Waals surface area contributed by atoms with E-state index < -0.39 is 0 Å². The summed E-state index contributed by atoms with van der Waals surface area (Å²) in [6.07, 6.45) is 0.936. The number of halogens is 1. The van der Waals surface area contributed by atoms with Crippen molar-refractivity contribution in [2.45, 2.75) is 33.4 Å². The first-order valence-corrected chi connectivity index (χ1v) is 5.21. The van der Waals surface area contributed by atoms with Crippen molar-refractivity contribution in [1.29, 1.82) is 0 Å². The lowest BCUT2D eigenvalue weighted by atomic mass is 10.3. The molecule has 4 nitrogen and oxygen atoms in total. The third-order valence-corrected chi connectivity index (χ3v) is 2.88. The predicted octanol–water partition coefficient (Wildman–Crippen LogP) is 1.19. The van der Waals surface area contributed by atoms with Crippen LogP contribution in [-0.2, 0) is 19.5 Å². The monoisotopic (exact) mass is 246 g/mol. The lowest BCUT2D eigenvalue weighted by molar-refractivity contribution is 0.585. The fourth-order valence-electron chi connectivity index (χ4n) is 1.28. The van der Waals surface area contributed by atoms with E-state index in [4.69, 9.17) is 5.84 Å². The molecule has 5 heteroatoms. The summed E-state index contributed by atoms with van der Waals surface area (Å²) < 4.78 is 3.04. The number of aryl methyl sites for hydroxylation is 2. The van der Waals surface area contributed by atoms with Gasteiger partial charge >= 0.3 is 0 Å². The second-order valence-electron chi connectivity index (χ2n) is 2.76. The van der Waals surface area contributed by atoms with Gasteiger partial charge in [-0.05, 0) is 29.3 Å². The van der Waals surface area contributed by atoms with Gasteiger partial charge in [0.1, 0.15) is 0 Å². The van der Waals surface area contributed by atoms with Crippen LogP contribution in [0.4, 0.5) is 0 Å². The predicted molar refractivity (Wildman–Crippen MR) is 56.0 cm³/mol. The molecule has 0 aliphatic heterocycles. The van der Waals surface area contributed by atoms with Gasteiger partial charge < -0.3 is 0 Å². The smallest absolute Gasteiger partial charge is 0.0767 e. The molecule has 0 aliphatic carbocycles. The molecule has 3 N–H and O–H groups in total. The van der Waals surface area contributed by atoms with Crippen molar-refractivity contribution in [3.63, 3.8) is 0 Å². The zero-order valence-corrected chi connectivity index (χ0v) is 9.56. The van der Waals surface area contributed by atoms with E-state index in [1.165, 1.54) is 0 Å². The first kappa shape index (κ1) is 10.7. The van der Waals surface area contributed by atoms with E-state index in [9.17, 15) is 0 Å². The Hall–Kier alpha value is -0.390. The van der Waals surface area contributed by atoms with Gasteiger partial charge in [0.05, 0.1) is 22.4 Å². The summed E-state index contributed by atoms with van der Waals surface area (Å²) in [6, 6.07) is 0. The van der Waals surface area contributed by atoms with Crippen molar-refractivity contribution in [2.24, 2.45) is 5.84 Å². The molecule has 0 atom stereocenters. The normalized spacial score (nSPS) is 10.8. The van der Waals surface area contributed by atoms with Crippen LogP contribution in [0.15, 0.2) is 4.47 Å². The van der Waals surface area contributed by atoms with Gasteiger partial charge in [-0.1, -0.05) is 6.92 Å². The number of rotatable bonds is 4. The molecule has 0 aromatic carbocycles. The minimum Gasteiger partial charge on any atom is -0.271 e. The Kier molecular flexibility index (Phi) is 3.90. The molecule has 1 aromatic rings. The molecule has 0 bridgehead atoms. The molecule has 0 saturated carbocycles. The molecule has 0 aliphatic rings. The van der Waals surface area contributed by atoms with E-state index in [1.807, 2.05) is 4.68 Å². The van der Waals surface area contributed by atoms with Crippen molar-refractivity contribution in [1.82, 2.24) is 15.2 Å². The van der Waals surface area contributed by atoms with E-state index in [0.29, 0.717) is 6.54 Å². The molecule has 1 aromatic heterocycles. The summed E-state index contributed by atoms with van der Waals surface area (Å²) >= 11 is 3.53. The molecule has 0 radical (unpaired) electrons. The summed E-state index contributed by atoms with van der Waals surface area (Å²) in [5.74, 6) is 5.29. The molecule has 1 heterocycles. The highest BCUT2D eigenvalue weighted by Gasteiger charge is 2.12. The zero-order chi connectivity index (χ0) is 9.84. The van der Waals surface area contributed by atoms with Crippen molar-refractivity contribution < 1.29 is 0 Å². The van der Waals surface area contributed by atoms with E-state index in [-0.39, 0.29) is 0 Å². The molecule has 0 saturated heterocycles. The quantitative estimate of drug-likeness (QED) is 0.620. The number of hydrogen-bond acceptors (Lipinski definition) is 3. The summed E-state index contributed by atoms with van der Waals surface area (Å²) in [7, 11) is 0. The van der Waals surface area contributed by atoms with Gasteiger partial charge in [-0.25, -0.2) is 0 Å². The molecule has 13 heavy (non-hydrogen) atoms. The van der Waals surface area contributed by atoms with Crippen LogP contribution in [0.3, 0.4) is 0 Å². The molecular formula is C8H15BrN4. The number of hydrazine groups is 1. The highest BCUT2D eigenvalue weighted by molar-refractivity contribution is 9.10. The molecular weight excluding hydrogens is 232 g/mol. The number of nitrogens with two attached hydrogens (primary N) is 1. The second-order valence-corrected chi connectivity index (χ2v) is 3.55. The van der Waals surface area contributed by atoms with Crippen molar-refractivity contribution in [2.75, 3.05) is 0 Å². The zero-order valence-electron chi connectivity index (χ0n) is 7.97. The Morgan fingerprint density at radius 3 is 2.69 bits per heavy atom. The fourth-order valence-corrected chi connectivity index (χ4v) is 1.99. The molecule has 74 valence electrons. The largest absolute Gasteiger partial charge is 0.271 e. The minimum absolute atomic E-state index is 0.640. The summed E-state index contributed by atoms with van der Waals surface area (Å²) in [5.41, 5.74) is 4.85. The lowest BCUT2D eigenvalue weighted by Crippen LogP contribution is -2.23. The van der Waals surface area contributed by atoms with Crippen LogP contribution in [0.2, 0.25) is 0 Å². The number of aromatic nitrogens is 2.